The Bertz CT molecular complexity index is 209. The van der Waals surface area contributed by atoms with Gasteiger partial charge in [-0.25, -0.2) is 0 Å². The van der Waals surface area contributed by atoms with Crippen molar-refractivity contribution in [3.8, 4) is 0 Å². The zero-order valence-electron chi connectivity index (χ0n) is 7.42. The van der Waals surface area contributed by atoms with Gasteiger partial charge in [0.25, 0.3) is 0 Å². The first kappa shape index (κ1) is 8.05. The number of rotatable bonds is 2. The second kappa shape index (κ2) is 2.73. The van der Waals surface area contributed by atoms with Crippen LogP contribution in [0, 0.1) is 5.41 Å². The minimum absolute atomic E-state index is 0.158. The molecule has 2 rings (SSSR count). The van der Waals surface area contributed by atoms with Crippen molar-refractivity contribution in [2.75, 3.05) is 6.61 Å². The van der Waals surface area contributed by atoms with E-state index in [1.165, 1.54) is 6.42 Å². The molecule has 0 aromatic rings. The summed E-state index contributed by atoms with van der Waals surface area (Å²) in [4.78, 5) is 0. The molecule has 68 valence electrons. The van der Waals surface area contributed by atoms with E-state index in [4.69, 9.17) is 9.94 Å². The number of nitrogens with zero attached hydrogens (tertiary/aromatic N) is 1. The van der Waals surface area contributed by atoms with Gasteiger partial charge in [-0.05, 0) is 19.8 Å². The summed E-state index contributed by atoms with van der Waals surface area (Å²) in [5, 5.41) is 12.0. The van der Waals surface area contributed by atoms with Crippen molar-refractivity contribution in [1.82, 2.24) is 0 Å². The predicted molar refractivity (Wildman–Crippen MR) is 45.5 cm³/mol. The second-order valence-corrected chi connectivity index (χ2v) is 3.70. The molecule has 1 N–H and O–H groups in total. The molecule has 2 aliphatic carbocycles. The highest BCUT2D eigenvalue weighted by molar-refractivity contribution is 5.97. The maximum Gasteiger partial charge on any atom is 0.0738 e. The van der Waals surface area contributed by atoms with Crippen LogP contribution < -0.4 is 0 Å². The number of oxime groups is 1. The zero-order chi connectivity index (χ0) is 8.60. The SMILES string of the molecule is CCOC1C/C(=N\O)C12CCC2. The summed E-state index contributed by atoms with van der Waals surface area (Å²) < 4.78 is 5.58. The lowest BCUT2D eigenvalue weighted by molar-refractivity contribution is -0.0672. The molecule has 0 saturated heterocycles. The topological polar surface area (TPSA) is 41.8 Å². The molecule has 3 nitrogen and oxygen atoms in total. The van der Waals surface area contributed by atoms with Crippen molar-refractivity contribution in [3.63, 3.8) is 0 Å². The minimum Gasteiger partial charge on any atom is -0.411 e. The van der Waals surface area contributed by atoms with E-state index in [0.717, 1.165) is 31.6 Å². The van der Waals surface area contributed by atoms with Crippen LogP contribution in [-0.4, -0.2) is 23.6 Å². The van der Waals surface area contributed by atoms with E-state index in [-0.39, 0.29) is 5.41 Å². The molecule has 2 saturated carbocycles. The molecule has 0 radical (unpaired) electrons. The first-order chi connectivity index (χ1) is 5.83. The monoisotopic (exact) mass is 169 g/mol. The lowest BCUT2D eigenvalue weighted by Crippen LogP contribution is -2.59. The maximum atomic E-state index is 8.71. The highest BCUT2D eigenvalue weighted by Gasteiger charge is 2.57. The number of ether oxygens (including phenoxy) is 1. The molecule has 0 bridgehead atoms. The molecule has 0 aromatic heterocycles. The third-order valence-electron chi connectivity index (χ3n) is 3.30. The molecule has 0 amide bonds. The van der Waals surface area contributed by atoms with E-state index in [0.29, 0.717) is 6.10 Å². The van der Waals surface area contributed by atoms with Crippen LogP contribution in [-0.2, 0) is 4.74 Å². The van der Waals surface area contributed by atoms with E-state index in [9.17, 15) is 0 Å². The molecule has 0 aromatic carbocycles. The molecule has 0 heterocycles. The normalized spacial score (nSPS) is 34.8. The van der Waals surface area contributed by atoms with Crippen LogP contribution in [0.2, 0.25) is 0 Å². The average molecular weight is 169 g/mol. The van der Waals surface area contributed by atoms with Gasteiger partial charge < -0.3 is 9.94 Å². The summed E-state index contributed by atoms with van der Waals surface area (Å²) in [5.41, 5.74) is 1.12. The fraction of sp³-hybridized carbons (Fsp3) is 0.889. The largest absolute Gasteiger partial charge is 0.411 e. The Morgan fingerprint density at radius 2 is 2.42 bits per heavy atom. The summed E-state index contributed by atoms with van der Waals surface area (Å²) in [6.07, 6.45) is 4.73. The Hall–Kier alpha value is -0.570. The van der Waals surface area contributed by atoms with Crippen LogP contribution >= 0.6 is 0 Å². The fourth-order valence-electron chi connectivity index (χ4n) is 2.36. The quantitative estimate of drug-likeness (QED) is 0.506. The van der Waals surface area contributed by atoms with Gasteiger partial charge in [0, 0.05) is 18.4 Å². The fourth-order valence-corrected chi connectivity index (χ4v) is 2.36. The van der Waals surface area contributed by atoms with Gasteiger partial charge in [-0.1, -0.05) is 11.6 Å². The van der Waals surface area contributed by atoms with Crippen LogP contribution in [0.1, 0.15) is 32.6 Å². The molecule has 1 unspecified atom stereocenters. The molecular formula is C9H15NO2. The van der Waals surface area contributed by atoms with Gasteiger partial charge in [0.2, 0.25) is 0 Å². The van der Waals surface area contributed by atoms with Gasteiger partial charge >= 0.3 is 0 Å². The lowest BCUT2D eigenvalue weighted by atomic mass is 9.53. The van der Waals surface area contributed by atoms with E-state index in [2.05, 4.69) is 5.16 Å². The molecule has 1 spiro atoms. The summed E-state index contributed by atoms with van der Waals surface area (Å²) in [7, 11) is 0. The summed E-state index contributed by atoms with van der Waals surface area (Å²) in [5.74, 6) is 0. The Balaban J connectivity index is 2.04. The summed E-state index contributed by atoms with van der Waals surface area (Å²) in [6.45, 7) is 2.78. The highest BCUT2D eigenvalue weighted by atomic mass is 16.5. The van der Waals surface area contributed by atoms with Crippen molar-refractivity contribution in [2.45, 2.75) is 38.7 Å². The van der Waals surface area contributed by atoms with Gasteiger partial charge in [0.05, 0.1) is 11.8 Å². The maximum absolute atomic E-state index is 8.71. The van der Waals surface area contributed by atoms with Gasteiger partial charge in [-0.2, -0.15) is 0 Å². The first-order valence-corrected chi connectivity index (χ1v) is 4.66. The van der Waals surface area contributed by atoms with Crippen LogP contribution in [0.4, 0.5) is 0 Å². The van der Waals surface area contributed by atoms with E-state index < -0.39 is 0 Å². The van der Waals surface area contributed by atoms with E-state index in [1.807, 2.05) is 6.92 Å². The Morgan fingerprint density at radius 3 is 2.83 bits per heavy atom. The van der Waals surface area contributed by atoms with Crippen LogP contribution in [0.15, 0.2) is 5.16 Å². The molecule has 2 fully saturated rings. The van der Waals surface area contributed by atoms with Crippen LogP contribution in [0.25, 0.3) is 0 Å². The molecule has 2 aliphatic rings. The zero-order valence-corrected chi connectivity index (χ0v) is 7.42. The lowest BCUT2D eigenvalue weighted by Gasteiger charge is -2.55. The Kier molecular flexibility index (Phi) is 1.83. The standard InChI is InChI=1S/C9H15NO2/c1-2-12-8-6-7(10-11)9(8)4-3-5-9/h8,11H,2-6H2,1H3/b10-7+. The third kappa shape index (κ3) is 0.829. The molecule has 1 atom stereocenters. The van der Waals surface area contributed by atoms with Gasteiger partial charge in [0.15, 0.2) is 0 Å². The predicted octanol–water partition coefficient (Wildman–Crippen LogP) is 1.80. The van der Waals surface area contributed by atoms with E-state index >= 15 is 0 Å². The van der Waals surface area contributed by atoms with E-state index in [1.54, 1.807) is 0 Å². The molecule has 12 heavy (non-hydrogen) atoms. The highest BCUT2D eigenvalue weighted by Crippen LogP contribution is 2.55. The Labute approximate surface area is 72.4 Å². The van der Waals surface area contributed by atoms with Crippen molar-refractivity contribution in [3.05, 3.63) is 0 Å². The molecular weight excluding hydrogens is 154 g/mol. The smallest absolute Gasteiger partial charge is 0.0738 e. The van der Waals surface area contributed by atoms with Crippen molar-refractivity contribution in [1.29, 1.82) is 0 Å². The third-order valence-corrected chi connectivity index (χ3v) is 3.30. The average Bonchev–Trinajstić information content (AvgIpc) is 1.93. The summed E-state index contributed by atoms with van der Waals surface area (Å²) >= 11 is 0. The minimum atomic E-state index is 0.158. The van der Waals surface area contributed by atoms with Gasteiger partial charge in [-0.15, -0.1) is 0 Å². The molecule has 3 heteroatoms. The number of hydrogen-bond donors (Lipinski definition) is 1. The van der Waals surface area contributed by atoms with Gasteiger partial charge in [0.1, 0.15) is 0 Å². The van der Waals surface area contributed by atoms with Crippen molar-refractivity contribution >= 4 is 5.71 Å². The molecule has 0 aliphatic heterocycles. The second-order valence-electron chi connectivity index (χ2n) is 3.70. The van der Waals surface area contributed by atoms with Crippen LogP contribution in [0.5, 0.6) is 0 Å². The van der Waals surface area contributed by atoms with Crippen LogP contribution in [0.3, 0.4) is 0 Å². The first-order valence-electron chi connectivity index (χ1n) is 4.66. The van der Waals surface area contributed by atoms with Crippen molar-refractivity contribution in [2.24, 2.45) is 10.6 Å². The summed E-state index contributed by atoms with van der Waals surface area (Å²) in [6, 6.07) is 0. The number of hydrogen-bond acceptors (Lipinski definition) is 3. The van der Waals surface area contributed by atoms with Crippen molar-refractivity contribution < 1.29 is 9.94 Å². The Morgan fingerprint density at radius 1 is 1.67 bits per heavy atom. The van der Waals surface area contributed by atoms with Gasteiger partial charge in [-0.3, -0.25) is 0 Å².